The van der Waals surface area contributed by atoms with Gasteiger partial charge in [-0.2, -0.15) is 8.42 Å². The first-order valence-corrected chi connectivity index (χ1v) is 5.77. The molecule has 0 fully saturated rings. The van der Waals surface area contributed by atoms with Crippen molar-refractivity contribution in [3.05, 3.63) is 25.0 Å². The summed E-state index contributed by atoms with van der Waals surface area (Å²) in [6, 6.07) is 0. The Morgan fingerprint density at radius 2 is 2.12 bits per heavy atom. The second-order valence-electron chi connectivity index (χ2n) is 2.84. The van der Waals surface area contributed by atoms with E-state index < -0.39 is 16.1 Å². The Hall–Kier alpha value is -0.140. The first-order valence-electron chi connectivity index (χ1n) is 4.19. The Morgan fingerprint density at radius 1 is 1.56 bits per heavy atom. The Labute approximate surface area is 119 Å². The van der Waals surface area contributed by atoms with E-state index >= 15 is 0 Å². The Kier molecular flexibility index (Phi) is 10.2. The fraction of sp³-hybridized carbons (Fsp3) is 0.444. The number of rotatable bonds is 6. The monoisotopic (exact) mass is 258 g/mol. The topological polar surface area (TPSA) is 69.7 Å². The van der Waals surface area contributed by atoms with Gasteiger partial charge >= 0.3 is 35.5 Å². The molecule has 1 atom stereocenters. The van der Waals surface area contributed by atoms with Gasteiger partial charge in [0.1, 0.15) is 0 Å². The van der Waals surface area contributed by atoms with E-state index in [4.69, 9.17) is 0 Å². The van der Waals surface area contributed by atoms with Crippen LogP contribution in [0.4, 0.5) is 0 Å². The van der Waals surface area contributed by atoms with Crippen LogP contribution in [-0.4, -0.2) is 27.2 Å². The minimum absolute atomic E-state index is 0. The molecule has 0 radical (unpaired) electrons. The summed E-state index contributed by atoms with van der Waals surface area (Å²) in [6.07, 6.45) is 3.61. The standard InChI is InChI=1S/C9H14O5S.Na.H/c1-4-9(10)14-6-5-8(2)7-15(11,12)13-3;;/h4-6,8H,1,7H2,2-3H3;;/q;+1;-1. The van der Waals surface area contributed by atoms with Gasteiger partial charge in [-0.05, 0) is 12.0 Å². The Morgan fingerprint density at radius 3 is 2.56 bits per heavy atom. The van der Waals surface area contributed by atoms with Crippen molar-refractivity contribution >= 4 is 16.1 Å². The average molecular weight is 258 g/mol. The molecule has 0 aliphatic heterocycles. The van der Waals surface area contributed by atoms with Gasteiger partial charge in [0.2, 0.25) is 0 Å². The SMILES string of the molecule is C=CC(=O)OC=CC(C)CS(=O)(=O)OC.[H-].[Na+]. The predicted octanol–water partition coefficient (Wildman–Crippen LogP) is -2.04. The third-order valence-electron chi connectivity index (χ3n) is 1.48. The molecule has 5 nitrogen and oxygen atoms in total. The number of esters is 1. The van der Waals surface area contributed by atoms with E-state index in [0.29, 0.717) is 0 Å². The summed E-state index contributed by atoms with van der Waals surface area (Å²) in [5.74, 6) is -1.05. The fourth-order valence-corrected chi connectivity index (χ4v) is 1.63. The van der Waals surface area contributed by atoms with Gasteiger partial charge in [-0.15, -0.1) is 0 Å². The molecule has 0 aromatic heterocycles. The summed E-state index contributed by atoms with van der Waals surface area (Å²) in [4.78, 5) is 10.6. The van der Waals surface area contributed by atoms with Gasteiger partial charge < -0.3 is 6.16 Å². The number of hydrogen-bond acceptors (Lipinski definition) is 5. The van der Waals surface area contributed by atoms with Crippen molar-refractivity contribution in [3.8, 4) is 0 Å². The first kappa shape index (κ1) is 18.2. The van der Waals surface area contributed by atoms with E-state index in [-0.39, 0.29) is 42.7 Å². The second kappa shape index (κ2) is 8.95. The van der Waals surface area contributed by atoms with E-state index in [2.05, 4.69) is 15.5 Å². The smallest absolute Gasteiger partial charge is 1.00 e. The van der Waals surface area contributed by atoms with Gasteiger partial charge in [-0.1, -0.05) is 13.5 Å². The van der Waals surface area contributed by atoms with Crippen LogP contribution < -0.4 is 29.6 Å². The summed E-state index contributed by atoms with van der Waals surface area (Å²) < 4.78 is 30.8. The maximum absolute atomic E-state index is 11.0. The molecule has 0 bridgehead atoms. The molecule has 0 aromatic rings. The third-order valence-corrected chi connectivity index (χ3v) is 2.92. The molecule has 0 heterocycles. The summed E-state index contributed by atoms with van der Waals surface area (Å²) in [6.45, 7) is 4.87. The molecule has 0 aliphatic carbocycles. The van der Waals surface area contributed by atoms with Gasteiger partial charge in [0.15, 0.2) is 0 Å². The zero-order valence-corrected chi connectivity index (χ0v) is 12.5. The summed E-state index contributed by atoms with van der Waals surface area (Å²) >= 11 is 0. The Bertz CT molecular complexity index is 352. The second-order valence-corrected chi connectivity index (χ2v) is 4.62. The van der Waals surface area contributed by atoms with Gasteiger partial charge in [0.05, 0.1) is 19.1 Å². The van der Waals surface area contributed by atoms with Crippen molar-refractivity contribution in [2.24, 2.45) is 5.92 Å². The zero-order valence-electron chi connectivity index (χ0n) is 10.7. The van der Waals surface area contributed by atoms with Gasteiger partial charge in [-0.3, -0.25) is 4.18 Å². The molecule has 0 aliphatic rings. The van der Waals surface area contributed by atoms with Gasteiger partial charge in [0.25, 0.3) is 10.1 Å². The average Bonchev–Trinajstić information content (AvgIpc) is 2.16. The van der Waals surface area contributed by atoms with E-state index in [1.54, 1.807) is 6.92 Å². The van der Waals surface area contributed by atoms with Crippen molar-refractivity contribution in [2.45, 2.75) is 6.92 Å². The van der Waals surface area contributed by atoms with Crippen molar-refractivity contribution in [1.82, 2.24) is 0 Å². The van der Waals surface area contributed by atoms with E-state index in [1.807, 2.05) is 0 Å². The summed E-state index contributed by atoms with van der Waals surface area (Å²) in [7, 11) is -2.39. The van der Waals surface area contributed by atoms with Crippen LogP contribution in [-0.2, 0) is 23.8 Å². The quantitative estimate of drug-likeness (QED) is 0.180. The number of carbonyl (C=O) groups is 1. The number of carbonyl (C=O) groups excluding carboxylic acids is 1. The molecule has 0 amide bonds. The normalized spacial score (nSPS) is 12.9. The van der Waals surface area contributed by atoms with E-state index in [9.17, 15) is 13.2 Å². The van der Waals surface area contributed by atoms with Crippen LogP contribution in [0.25, 0.3) is 0 Å². The molecule has 0 spiro atoms. The molecule has 0 aromatic carbocycles. The maximum Gasteiger partial charge on any atom is 1.00 e. The molecule has 7 heteroatoms. The van der Waals surface area contributed by atoms with Crippen LogP contribution in [0.2, 0.25) is 0 Å². The zero-order chi connectivity index (χ0) is 11.9. The minimum atomic E-state index is -3.49. The molecule has 0 N–H and O–H groups in total. The maximum atomic E-state index is 11.0. The first-order chi connectivity index (χ1) is 6.91. The van der Waals surface area contributed by atoms with Crippen LogP contribution in [0.3, 0.4) is 0 Å². The van der Waals surface area contributed by atoms with Crippen LogP contribution >= 0.6 is 0 Å². The predicted molar refractivity (Wildman–Crippen MR) is 56.5 cm³/mol. The van der Waals surface area contributed by atoms with Crippen LogP contribution in [0.1, 0.15) is 8.35 Å². The van der Waals surface area contributed by atoms with Gasteiger partial charge in [-0.25, -0.2) is 4.79 Å². The van der Waals surface area contributed by atoms with Crippen LogP contribution in [0.5, 0.6) is 0 Å². The molecule has 0 saturated heterocycles. The summed E-state index contributed by atoms with van der Waals surface area (Å²) in [5.41, 5.74) is 0. The molecule has 88 valence electrons. The number of allylic oxidation sites excluding steroid dienone is 1. The van der Waals surface area contributed by atoms with Crippen molar-refractivity contribution in [2.75, 3.05) is 12.9 Å². The molecule has 1 unspecified atom stereocenters. The van der Waals surface area contributed by atoms with E-state index in [1.165, 1.54) is 6.08 Å². The Balaban J connectivity index is -0.000000980. The van der Waals surface area contributed by atoms with Crippen molar-refractivity contribution in [3.63, 3.8) is 0 Å². The largest absolute Gasteiger partial charge is 1.00 e. The van der Waals surface area contributed by atoms with Crippen LogP contribution in [0.15, 0.2) is 25.0 Å². The van der Waals surface area contributed by atoms with E-state index in [0.717, 1.165) is 19.4 Å². The number of ether oxygens (including phenoxy) is 1. The molecular weight excluding hydrogens is 243 g/mol. The fourth-order valence-electron chi connectivity index (χ4n) is 0.734. The minimum Gasteiger partial charge on any atom is -1.00 e. The van der Waals surface area contributed by atoms with Crippen LogP contribution in [0, 0.1) is 5.92 Å². The molecule has 0 rings (SSSR count). The van der Waals surface area contributed by atoms with Gasteiger partial charge in [0, 0.05) is 6.08 Å². The van der Waals surface area contributed by atoms with Crippen molar-refractivity contribution < 1.29 is 53.1 Å². The summed E-state index contributed by atoms with van der Waals surface area (Å²) in [5, 5.41) is 0. The molecule has 16 heavy (non-hydrogen) atoms. The molecular formula is C9H15NaO5S. The molecule has 0 saturated carbocycles. The third kappa shape index (κ3) is 9.11. The van der Waals surface area contributed by atoms with Crippen molar-refractivity contribution in [1.29, 1.82) is 0 Å². The number of hydrogen-bond donors (Lipinski definition) is 0.